The van der Waals surface area contributed by atoms with Crippen LogP contribution in [0.25, 0.3) is 0 Å². The van der Waals surface area contributed by atoms with Crippen LogP contribution in [0.1, 0.15) is 40.7 Å². The van der Waals surface area contributed by atoms with Crippen LogP contribution < -0.4 is 0 Å². The molecular formula is C14H13F6NO2. The Hall–Kier alpha value is -1.77. The van der Waals surface area contributed by atoms with Crippen molar-refractivity contribution >= 4 is 5.91 Å². The molecule has 1 fully saturated rings. The van der Waals surface area contributed by atoms with Gasteiger partial charge in [0, 0.05) is 12.1 Å². The summed E-state index contributed by atoms with van der Waals surface area (Å²) in [7, 11) is 0. The smallest absolute Gasteiger partial charge is 0.374 e. The average Bonchev–Trinajstić information content (AvgIpc) is 2.45. The van der Waals surface area contributed by atoms with Crippen molar-refractivity contribution in [2.75, 3.05) is 6.54 Å². The normalized spacial score (nSPS) is 19.8. The summed E-state index contributed by atoms with van der Waals surface area (Å²) < 4.78 is 76.7. The third-order valence-electron chi connectivity index (χ3n) is 3.57. The van der Waals surface area contributed by atoms with E-state index in [9.17, 15) is 36.2 Å². The van der Waals surface area contributed by atoms with Crippen molar-refractivity contribution in [3.63, 3.8) is 0 Å². The van der Waals surface area contributed by atoms with Gasteiger partial charge in [-0.1, -0.05) is 0 Å². The molecule has 1 aliphatic rings. The maximum absolute atomic E-state index is 12.8. The van der Waals surface area contributed by atoms with Crippen LogP contribution in [-0.4, -0.2) is 28.7 Å². The second-order valence-electron chi connectivity index (χ2n) is 5.27. The highest BCUT2D eigenvalue weighted by Gasteiger charge is 2.38. The molecule has 0 saturated carbocycles. The molecule has 0 aromatic heterocycles. The first kappa shape index (κ1) is 17.6. The maximum atomic E-state index is 12.8. The van der Waals surface area contributed by atoms with E-state index in [0.29, 0.717) is 25.0 Å². The number of hydrogen-bond acceptors (Lipinski definition) is 2. The molecule has 0 spiro atoms. The molecule has 2 rings (SSSR count). The van der Waals surface area contributed by atoms with Crippen molar-refractivity contribution in [1.82, 2.24) is 4.90 Å². The Morgan fingerprint density at radius 3 is 1.96 bits per heavy atom. The molecule has 1 saturated heterocycles. The van der Waals surface area contributed by atoms with Gasteiger partial charge in [0.25, 0.3) is 5.91 Å². The zero-order valence-electron chi connectivity index (χ0n) is 11.7. The minimum absolute atomic E-state index is 0.0383. The molecule has 0 bridgehead atoms. The summed E-state index contributed by atoms with van der Waals surface area (Å²) in [6, 6.07) is 0.710. The van der Waals surface area contributed by atoms with Gasteiger partial charge in [-0.2, -0.15) is 26.3 Å². The minimum Gasteiger partial charge on any atom is -0.374 e. The summed E-state index contributed by atoms with van der Waals surface area (Å²) in [5.74, 6) is -1.05. The van der Waals surface area contributed by atoms with E-state index in [4.69, 9.17) is 0 Å². The zero-order valence-corrected chi connectivity index (χ0v) is 11.7. The Labute approximate surface area is 127 Å². The minimum atomic E-state index is -5.02. The van der Waals surface area contributed by atoms with E-state index in [1.54, 1.807) is 0 Å². The number of piperidine rings is 1. The molecule has 0 radical (unpaired) electrons. The molecule has 1 atom stereocenters. The molecular weight excluding hydrogens is 328 g/mol. The SMILES string of the molecule is O=C(c1cc(C(F)(F)F)cc(C(F)(F)F)c1)N1CCCCC1O. The Kier molecular flexibility index (Phi) is 4.61. The summed E-state index contributed by atoms with van der Waals surface area (Å²) in [4.78, 5) is 13.1. The van der Waals surface area contributed by atoms with E-state index in [1.807, 2.05) is 0 Å². The zero-order chi connectivity index (χ0) is 17.4. The van der Waals surface area contributed by atoms with Gasteiger partial charge in [0.1, 0.15) is 6.23 Å². The first-order valence-corrected chi connectivity index (χ1v) is 6.78. The van der Waals surface area contributed by atoms with Crippen molar-refractivity contribution < 1.29 is 36.2 Å². The first-order chi connectivity index (χ1) is 10.5. The number of aliphatic hydroxyl groups excluding tert-OH is 1. The highest BCUT2D eigenvalue weighted by atomic mass is 19.4. The number of alkyl halides is 6. The lowest BCUT2D eigenvalue weighted by Gasteiger charge is -2.32. The van der Waals surface area contributed by atoms with Crippen LogP contribution in [0.4, 0.5) is 26.3 Å². The molecule has 9 heteroatoms. The van der Waals surface area contributed by atoms with Gasteiger partial charge in [-0.3, -0.25) is 4.79 Å². The summed E-state index contributed by atoms with van der Waals surface area (Å²) in [6.07, 6.45) is -9.86. The third kappa shape index (κ3) is 3.95. The van der Waals surface area contributed by atoms with Crippen molar-refractivity contribution in [2.45, 2.75) is 37.8 Å². The van der Waals surface area contributed by atoms with Crippen molar-refractivity contribution in [1.29, 1.82) is 0 Å². The van der Waals surface area contributed by atoms with Crippen LogP contribution in [0.3, 0.4) is 0 Å². The molecule has 1 N–H and O–H groups in total. The van der Waals surface area contributed by atoms with Gasteiger partial charge in [-0.15, -0.1) is 0 Å². The second kappa shape index (κ2) is 6.03. The van der Waals surface area contributed by atoms with Crippen LogP contribution >= 0.6 is 0 Å². The summed E-state index contributed by atoms with van der Waals surface area (Å²) in [5, 5.41) is 9.72. The molecule has 1 aliphatic heterocycles. The molecule has 1 aromatic rings. The highest BCUT2D eigenvalue weighted by molar-refractivity contribution is 5.95. The lowest BCUT2D eigenvalue weighted by Crippen LogP contribution is -2.43. The van der Waals surface area contributed by atoms with Crippen LogP contribution in [0.15, 0.2) is 18.2 Å². The Morgan fingerprint density at radius 1 is 1.00 bits per heavy atom. The Morgan fingerprint density at radius 2 is 1.52 bits per heavy atom. The molecule has 1 unspecified atom stereocenters. The molecule has 0 aliphatic carbocycles. The second-order valence-corrected chi connectivity index (χ2v) is 5.27. The molecule has 1 amide bonds. The van der Waals surface area contributed by atoms with Gasteiger partial charge in [0.15, 0.2) is 0 Å². The molecule has 23 heavy (non-hydrogen) atoms. The van der Waals surface area contributed by atoms with Crippen LogP contribution in [0.5, 0.6) is 0 Å². The van der Waals surface area contributed by atoms with Gasteiger partial charge in [0.2, 0.25) is 0 Å². The lowest BCUT2D eigenvalue weighted by molar-refractivity contribution is -0.143. The van der Waals surface area contributed by atoms with Gasteiger partial charge in [-0.25, -0.2) is 0 Å². The van der Waals surface area contributed by atoms with Gasteiger partial charge >= 0.3 is 12.4 Å². The first-order valence-electron chi connectivity index (χ1n) is 6.78. The molecule has 128 valence electrons. The van der Waals surface area contributed by atoms with E-state index in [0.717, 1.165) is 4.90 Å². The Bertz CT molecular complexity index is 564. The predicted octanol–water partition coefficient (Wildman–Crippen LogP) is 3.67. The van der Waals surface area contributed by atoms with Crippen molar-refractivity contribution in [3.05, 3.63) is 34.9 Å². The number of nitrogens with zero attached hydrogens (tertiary/aromatic N) is 1. The van der Waals surface area contributed by atoms with Gasteiger partial charge < -0.3 is 10.0 Å². The summed E-state index contributed by atoms with van der Waals surface area (Å²) in [6.45, 7) is 0.0809. The number of aliphatic hydroxyl groups is 1. The largest absolute Gasteiger partial charge is 0.416 e. The average molecular weight is 341 g/mol. The molecule has 1 aromatic carbocycles. The fourth-order valence-electron chi connectivity index (χ4n) is 2.40. The number of likely N-dealkylation sites (tertiary alicyclic amines) is 1. The van der Waals surface area contributed by atoms with E-state index < -0.39 is 41.2 Å². The number of carbonyl (C=O) groups excluding carboxylic acids is 1. The third-order valence-corrected chi connectivity index (χ3v) is 3.57. The number of amides is 1. The standard InChI is InChI=1S/C14H13F6NO2/c15-13(16,17)9-5-8(6-10(7-9)14(18,19)20)12(23)21-4-2-1-3-11(21)22/h5-7,11,22H,1-4H2. The van der Waals surface area contributed by atoms with Gasteiger partial charge in [-0.05, 0) is 37.5 Å². The van der Waals surface area contributed by atoms with Crippen LogP contribution in [-0.2, 0) is 12.4 Å². The van der Waals surface area contributed by atoms with E-state index in [2.05, 4.69) is 0 Å². The topological polar surface area (TPSA) is 40.5 Å². The van der Waals surface area contributed by atoms with E-state index in [1.165, 1.54) is 0 Å². The van der Waals surface area contributed by atoms with Crippen LogP contribution in [0, 0.1) is 0 Å². The molecule has 3 nitrogen and oxygen atoms in total. The maximum Gasteiger partial charge on any atom is 0.416 e. The summed E-state index contributed by atoms with van der Waals surface area (Å²) >= 11 is 0. The number of carbonyl (C=O) groups is 1. The Balaban J connectivity index is 2.46. The summed E-state index contributed by atoms with van der Waals surface area (Å²) in [5.41, 5.74) is -3.85. The quantitative estimate of drug-likeness (QED) is 0.792. The highest BCUT2D eigenvalue weighted by Crippen LogP contribution is 2.36. The van der Waals surface area contributed by atoms with Crippen molar-refractivity contribution in [3.8, 4) is 0 Å². The fraction of sp³-hybridized carbons (Fsp3) is 0.500. The monoisotopic (exact) mass is 341 g/mol. The number of hydrogen-bond donors (Lipinski definition) is 1. The van der Waals surface area contributed by atoms with Crippen molar-refractivity contribution in [2.24, 2.45) is 0 Å². The van der Waals surface area contributed by atoms with Gasteiger partial charge in [0.05, 0.1) is 11.1 Å². The molecule has 1 heterocycles. The number of halogens is 6. The van der Waals surface area contributed by atoms with E-state index >= 15 is 0 Å². The fourth-order valence-corrected chi connectivity index (χ4v) is 2.40. The number of rotatable bonds is 1. The lowest BCUT2D eigenvalue weighted by atomic mass is 10.0. The van der Waals surface area contributed by atoms with E-state index in [-0.39, 0.29) is 19.0 Å². The predicted molar refractivity (Wildman–Crippen MR) is 67.3 cm³/mol. The van der Waals surface area contributed by atoms with Crippen LogP contribution in [0.2, 0.25) is 0 Å². The number of benzene rings is 1.